The molecule has 0 saturated carbocycles. The van der Waals surface area contributed by atoms with Gasteiger partial charge in [0.15, 0.2) is 11.6 Å². The van der Waals surface area contributed by atoms with Crippen LogP contribution < -0.4 is 9.47 Å². The molecule has 0 bridgehead atoms. The topological polar surface area (TPSA) is 107 Å². The molecule has 2 heterocycles. The predicted octanol–water partition coefficient (Wildman–Crippen LogP) is 4.46. The third-order valence-electron chi connectivity index (χ3n) is 6.93. The molecule has 40 heavy (non-hydrogen) atoms. The Hall–Kier alpha value is -3.59. The molecular formula is C31H40N2O7. The van der Waals surface area contributed by atoms with Crippen LogP contribution >= 0.6 is 0 Å². The van der Waals surface area contributed by atoms with Crippen molar-refractivity contribution in [3.05, 3.63) is 59.7 Å². The molecule has 1 amide bonds. The number of aliphatic hydroxyl groups is 1. The second kappa shape index (κ2) is 12.7. The molecule has 9 heteroatoms. The van der Waals surface area contributed by atoms with E-state index in [0.29, 0.717) is 49.1 Å². The minimum atomic E-state index is -1.36. The molecule has 216 valence electrons. The lowest BCUT2D eigenvalue weighted by atomic mass is 9.82. The van der Waals surface area contributed by atoms with Crippen LogP contribution in [0.5, 0.6) is 11.5 Å². The maximum absolute atomic E-state index is 14.3. The van der Waals surface area contributed by atoms with Gasteiger partial charge < -0.3 is 29.0 Å². The molecule has 2 aliphatic heterocycles. The van der Waals surface area contributed by atoms with Crippen molar-refractivity contribution in [3.8, 4) is 11.5 Å². The summed E-state index contributed by atoms with van der Waals surface area (Å²) in [5, 5.41) is 9.01. The Labute approximate surface area is 236 Å². The van der Waals surface area contributed by atoms with Gasteiger partial charge in [-0.25, -0.2) is 4.99 Å². The van der Waals surface area contributed by atoms with E-state index in [0.717, 1.165) is 18.4 Å². The van der Waals surface area contributed by atoms with Crippen LogP contribution in [0.3, 0.4) is 0 Å². The van der Waals surface area contributed by atoms with E-state index >= 15 is 0 Å². The van der Waals surface area contributed by atoms with Crippen molar-refractivity contribution in [2.24, 2.45) is 4.99 Å². The van der Waals surface area contributed by atoms with Crippen molar-refractivity contribution in [1.82, 2.24) is 4.90 Å². The van der Waals surface area contributed by atoms with Gasteiger partial charge in [-0.1, -0.05) is 12.1 Å². The van der Waals surface area contributed by atoms with Gasteiger partial charge in [0.05, 0.1) is 13.7 Å². The van der Waals surface area contributed by atoms with E-state index in [9.17, 15) is 9.59 Å². The number of ether oxygens (including phenoxy) is 4. The number of hydrogen-bond acceptors (Lipinski definition) is 8. The Morgan fingerprint density at radius 3 is 2.48 bits per heavy atom. The van der Waals surface area contributed by atoms with E-state index in [-0.39, 0.29) is 25.4 Å². The number of benzene rings is 2. The van der Waals surface area contributed by atoms with Crippen molar-refractivity contribution >= 4 is 17.8 Å². The quantitative estimate of drug-likeness (QED) is 0.324. The SMILES string of the molecule is COc1cccc([C@H]2OC(c3ccc(OCCCO)cc3)=N[C@@]2(CCC(=O)OC(C)(C)C)C(=O)N2CCCC2)c1. The van der Waals surface area contributed by atoms with Gasteiger partial charge in [0.25, 0.3) is 5.91 Å². The van der Waals surface area contributed by atoms with E-state index in [2.05, 4.69) is 0 Å². The number of hydrogen-bond donors (Lipinski definition) is 1. The molecule has 2 aromatic rings. The zero-order valence-electron chi connectivity index (χ0n) is 23.9. The van der Waals surface area contributed by atoms with Crippen LogP contribution in [0.25, 0.3) is 0 Å². The Morgan fingerprint density at radius 2 is 1.82 bits per heavy atom. The van der Waals surface area contributed by atoms with Crippen LogP contribution in [0, 0.1) is 0 Å². The largest absolute Gasteiger partial charge is 0.497 e. The number of aliphatic imine (C=N–C) groups is 1. The van der Waals surface area contributed by atoms with Crippen molar-refractivity contribution in [2.45, 2.75) is 70.1 Å². The van der Waals surface area contributed by atoms with E-state index in [1.807, 2.05) is 74.2 Å². The number of amides is 1. The smallest absolute Gasteiger partial charge is 0.306 e. The van der Waals surface area contributed by atoms with E-state index < -0.39 is 23.2 Å². The van der Waals surface area contributed by atoms with Crippen LogP contribution in [-0.2, 0) is 19.1 Å². The van der Waals surface area contributed by atoms with Gasteiger partial charge in [-0.3, -0.25) is 9.59 Å². The summed E-state index contributed by atoms with van der Waals surface area (Å²) in [7, 11) is 1.59. The Balaban J connectivity index is 1.74. The van der Waals surface area contributed by atoms with Crippen molar-refractivity contribution in [2.75, 3.05) is 33.4 Å². The van der Waals surface area contributed by atoms with Gasteiger partial charge in [0.1, 0.15) is 17.1 Å². The first-order valence-electron chi connectivity index (χ1n) is 13.9. The van der Waals surface area contributed by atoms with Crippen LogP contribution in [0.15, 0.2) is 53.5 Å². The highest BCUT2D eigenvalue weighted by molar-refractivity contribution is 6.01. The molecular weight excluding hydrogens is 512 g/mol. The molecule has 1 saturated heterocycles. The van der Waals surface area contributed by atoms with Gasteiger partial charge in [-0.2, -0.15) is 0 Å². The Kier molecular flexibility index (Phi) is 9.35. The van der Waals surface area contributed by atoms with E-state index in [4.69, 9.17) is 29.0 Å². The van der Waals surface area contributed by atoms with Crippen molar-refractivity contribution in [1.29, 1.82) is 0 Å². The average molecular weight is 553 g/mol. The molecule has 0 radical (unpaired) electrons. The highest BCUT2D eigenvalue weighted by Crippen LogP contribution is 2.45. The molecule has 2 aromatic carbocycles. The lowest BCUT2D eigenvalue weighted by Gasteiger charge is -2.34. The third-order valence-corrected chi connectivity index (χ3v) is 6.93. The number of methoxy groups -OCH3 is 1. The van der Waals surface area contributed by atoms with Gasteiger partial charge >= 0.3 is 5.97 Å². The number of likely N-dealkylation sites (tertiary alicyclic amines) is 1. The Morgan fingerprint density at radius 1 is 1.10 bits per heavy atom. The lowest BCUT2D eigenvalue weighted by Crippen LogP contribution is -2.49. The molecule has 0 spiro atoms. The summed E-state index contributed by atoms with van der Waals surface area (Å²) in [4.78, 5) is 34.0. The molecule has 2 atom stereocenters. The fraction of sp³-hybridized carbons (Fsp3) is 0.516. The second-order valence-electron chi connectivity index (χ2n) is 11.2. The number of rotatable bonds is 11. The summed E-state index contributed by atoms with van der Waals surface area (Å²) in [6.07, 6.45) is 1.76. The van der Waals surface area contributed by atoms with E-state index in [1.54, 1.807) is 7.11 Å². The maximum Gasteiger partial charge on any atom is 0.306 e. The molecule has 0 aliphatic carbocycles. The van der Waals surface area contributed by atoms with Crippen LogP contribution in [0.1, 0.15) is 70.1 Å². The molecule has 0 aromatic heterocycles. The zero-order valence-corrected chi connectivity index (χ0v) is 23.9. The van der Waals surface area contributed by atoms with E-state index in [1.165, 1.54) is 0 Å². The van der Waals surface area contributed by atoms with Crippen LogP contribution in [0.2, 0.25) is 0 Å². The van der Waals surface area contributed by atoms with Gasteiger partial charge in [-0.05, 0) is 82.0 Å². The summed E-state index contributed by atoms with van der Waals surface area (Å²) in [6, 6.07) is 14.7. The summed E-state index contributed by atoms with van der Waals surface area (Å²) in [5.74, 6) is 1.07. The first-order valence-corrected chi connectivity index (χ1v) is 13.9. The first kappa shape index (κ1) is 29.4. The molecule has 2 aliphatic rings. The van der Waals surface area contributed by atoms with Crippen molar-refractivity contribution < 1.29 is 33.6 Å². The fourth-order valence-electron chi connectivity index (χ4n) is 5.04. The standard InChI is InChI=1S/C31H40N2O7/c1-30(2,3)40-26(35)15-16-31(29(36)33-17-5-6-18-33)27(23-9-7-10-25(21-23)37-4)39-28(32-31)22-11-13-24(14-12-22)38-20-8-19-34/h7,9-14,21,27,34H,5-6,8,15-20H2,1-4H3/t27-,31-/m1/s1. The zero-order chi connectivity index (χ0) is 28.8. The van der Waals surface area contributed by atoms with Crippen LogP contribution in [0.4, 0.5) is 0 Å². The van der Waals surface area contributed by atoms with Crippen molar-refractivity contribution in [3.63, 3.8) is 0 Å². The van der Waals surface area contributed by atoms with Gasteiger partial charge in [0, 0.05) is 38.1 Å². The maximum atomic E-state index is 14.3. The highest BCUT2D eigenvalue weighted by Gasteiger charge is 2.55. The monoisotopic (exact) mass is 552 g/mol. The summed E-state index contributed by atoms with van der Waals surface area (Å²) < 4.78 is 23.2. The predicted molar refractivity (Wildman–Crippen MR) is 151 cm³/mol. The minimum Gasteiger partial charge on any atom is -0.497 e. The molecule has 1 N–H and O–H groups in total. The summed E-state index contributed by atoms with van der Waals surface area (Å²) >= 11 is 0. The first-order chi connectivity index (χ1) is 19.1. The highest BCUT2D eigenvalue weighted by atomic mass is 16.6. The number of aliphatic hydroxyl groups excluding tert-OH is 1. The number of nitrogens with zero attached hydrogens (tertiary/aromatic N) is 2. The third kappa shape index (κ3) is 6.94. The second-order valence-corrected chi connectivity index (χ2v) is 11.2. The average Bonchev–Trinajstić information content (AvgIpc) is 3.61. The molecule has 4 rings (SSSR count). The normalized spacial score (nSPS) is 20.6. The van der Waals surface area contributed by atoms with Gasteiger partial charge in [-0.15, -0.1) is 0 Å². The minimum absolute atomic E-state index is 0.00902. The van der Waals surface area contributed by atoms with Crippen LogP contribution in [-0.4, -0.2) is 72.3 Å². The number of esters is 1. The Bertz CT molecular complexity index is 1200. The molecule has 1 fully saturated rings. The number of carbonyl (C=O) groups is 2. The summed E-state index contributed by atoms with van der Waals surface area (Å²) in [5.41, 5.74) is -0.578. The number of carbonyl (C=O) groups excluding carboxylic acids is 2. The lowest BCUT2D eigenvalue weighted by molar-refractivity contribution is -0.155. The fourth-order valence-corrected chi connectivity index (χ4v) is 5.04. The summed E-state index contributed by atoms with van der Waals surface area (Å²) in [6.45, 7) is 7.21. The van der Waals surface area contributed by atoms with Gasteiger partial charge in [0.2, 0.25) is 5.90 Å². The molecule has 9 nitrogen and oxygen atoms in total. The molecule has 0 unspecified atom stereocenters.